The summed E-state index contributed by atoms with van der Waals surface area (Å²) in [5, 5.41) is 2.10. The smallest absolute Gasteiger partial charge is 0.0589 e. The number of methoxy groups -OCH3 is 1. The van der Waals surface area contributed by atoms with E-state index in [1.807, 2.05) is 0 Å². The second kappa shape index (κ2) is 6.95. The molecule has 1 aromatic rings. The van der Waals surface area contributed by atoms with Gasteiger partial charge in [-0.2, -0.15) is 0 Å². The fourth-order valence-electron chi connectivity index (χ4n) is 1.67. The van der Waals surface area contributed by atoms with Crippen molar-refractivity contribution in [3.63, 3.8) is 0 Å². The Labute approximate surface area is 95.8 Å². The number of thiophene rings is 1. The zero-order chi connectivity index (χ0) is 11.1. The molecule has 0 spiro atoms. The van der Waals surface area contributed by atoms with E-state index >= 15 is 0 Å². The maximum atomic E-state index is 5.84. The molecule has 86 valence electrons. The third kappa shape index (κ3) is 3.57. The van der Waals surface area contributed by atoms with Gasteiger partial charge in [0.2, 0.25) is 0 Å². The normalized spacial score (nSPS) is 13.3. The maximum absolute atomic E-state index is 5.84. The molecule has 0 amide bonds. The first kappa shape index (κ1) is 12.6. The van der Waals surface area contributed by atoms with Crippen LogP contribution >= 0.6 is 11.3 Å². The van der Waals surface area contributed by atoms with E-state index in [-0.39, 0.29) is 0 Å². The van der Waals surface area contributed by atoms with Crippen LogP contribution in [0, 0.1) is 0 Å². The highest BCUT2D eigenvalue weighted by molar-refractivity contribution is 7.10. The van der Waals surface area contributed by atoms with Crippen molar-refractivity contribution in [3.8, 4) is 0 Å². The predicted octanol–water partition coefficient (Wildman–Crippen LogP) is 1.72. The van der Waals surface area contributed by atoms with Crippen LogP contribution in [0.25, 0.3) is 0 Å². The van der Waals surface area contributed by atoms with Gasteiger partial charge in [-0.15, -0.1) is 11.3 Å². The Morgan fingerprint density at radius 1 is 1.60 bits per heavy atom. The van der Waals surface area contributed by atoms with Crippen LogP contribution in [0.15, 0.2) is 17.5 Å². The van der Waals surface area contributed by atoms with E-state index < -0.39 is 0 Å². The monoisotopic (exact) mass is 228 g/mol. The van der Waals surface area contributed by atoms with E-state index in [4.69, 9.17) is 10.5 Å². The van der Waals surface area contributed by atoms with Gasteiger partial charge in [-0.25, -0.2) is 0 Å². The van der Waals surface area contributed by atoms with Gasteiger partial charge in [0, 0.05) is 25.1 Å². The Morgan fingerprint density at radius 3 is 2.87 bits per heavy atom. The molecule has 4 heteroatoms. The summed E-state index contributed by atoms with van der Waals surface area (Å²) in [7, 11) is 1.73. The van der Waals surface area contributed by atoms with Crippen LogP contribution in [0.4, 0.5) is 0 Å². The lowest BCUT2D eigenvalue weighted by atomic mass is 10.2. The molecule has 0 aromatic carbocycles. The molecule has 0 fully saturated rings. The molecule has 0 aliphatic carbocycles. The minimum absolute atomic E-state index is 0.338. The number of likely N-dealkylation sites (N-methyl/N-ethyl adjacent to an activating group) is 1. The van der Waals surface area contributed by atoms with E-state index in [1.165, 1.54) is 4.88 Å². The molecule has 2 N–H and O–H groups in total. The molecule has 0 aliphatic heterocycles. The van der Waals surface area contributed by atoms with Crippen LogP contribution < -0.4 is 5.73 Å². The molecule has 1 heterocycles. The van der Waals surface area contributed by atoms with Crippen molar-refractivity contribution in [1.29, 1.82) is 0 Å². The second-order valence-corrected chi connectivity index (χ2v) is 4.37. The summed E-state index contributed by atoms with van der Waals surface area (Å²) in [5.41, 5.74) is 5.84. The van der Waals surface area contributed by atoms with Crippen molar-refractivity contribution in [3.05, 3.63) is 22.4 Å². The molecule has 0 saturated heterocycles. The molecule has 1 rings (SSSR count). The van der Waals surface area contributed by atoms with Crippen LogP contribution in [0.3, 0.4) is 0 Å². The summed E-state index contributed by atoms with van der Waals surface area (Å²) >= 11 is 1.77. The fourth-order valence-corrected chi connectivity index (χ4v) is 2.54. The molecule has 1 atom stereocenters. The first-order chi connectivity index (χ1) is 7.33. The molecular formula is C11H20N2OS. The molecule has 1 unspecified atom stereocenters. The van der Waals surface area contributed by atoms with E-state index in [0.29, 0.717) is 12.6 Å². The standard InChI is InChI=1S/C11H20N2OS/c1-3-13(6-7-14-2)10(9-12)11-5-4-8-15-11/h4-5,8,10H,3,6-7,9,12H2,1-2H3. The highest BCUT2D eigenvalue weighted by Gasteiger charge is 2.17. The fraction of sp³-hybridized carbons (Fsp3) is 0.636. The Kier molecular flexibility index (Phi) is 5.86. The molecule has 15 heavy (non-hydrogen) atoms. The summed E-state index contributed by atoms with van der Waals surface area (Å²) in [4.78, 5) is 3.70. The number of ether oxygens (including phenoxy) is 1. The van der Waals surface area contributed by atoms with Crippen molar-refractivity contribution >= 4 is 11.3 Å². The van der Waals surface area contributed by atoms with Crippen molar-refractivity contribution in [2.75, 3.05) is 33.4 Å². The Balaban J connectivity index is 2.62. The molecular weight excluding hydrogens is 208 g/mol. The lowest BCUT2D eigenvalue weighted by Crippen LogP contribution is -2.35. The van der Waals surface area contributed by atoms with Crippen molar-refractivity contribution in [2.45, 2.75) is 13.0 Å². The van der Waals surface area contributed by atoms with Crippen LogP contribution in [0.5, 0.6) is 0 Å². The number of rotatable bonds is 7. The van der Waals surface area contributed by atoms with Gasteiger partial charge in [-0.05, 0) is 18.0 Å². The lowest BCUT2D eigenvalue weighted by Gasteiger charge is -2.28. The van der Waals surface area contributed by atoms with Crippen molar-refractivity contribution in [2.24, 2.45) is 5.73 Å². The largest absolute Gasteiger partial charge is 0.383 e. The third-order valence-electron chi connectivity index (χ3n) is 2.52. The minimum atomic E-state index is 0.338. The van der Waals surface area contributed by atoms with Gasteiger partial charge >= 0.3 is 0 Å². The first-order valence-electron chi connectivity index (χ1n) is 5.30. The number of hydrogen-bond acceptors (Lipinski definition) is 4. The topological polar surface area (TPSA) is 38.5 Å². The summed E-state index contributed by atoms with van der Waals surface area (Å²) in [6, 6.07) is 4.56. The SMILES string of the molecule is CCN(CCOC)C(CN)c1cccs1. The van der Waals surface area contributed by atoms with E-state index in [9.17, 15) is 0 Å². The molecule has 3 nitrogen and oxygen atoms in total. The molecule has 0 bridgehead atoms. The van der Waals surface area contributed by atoms with Gasteiger partial charge < -0.3 is 10.5 Å². The Bertz CT molecular complexity index is 251. The highest BCUT2D eigenvalue weighted by atomic mass is 32.1. The highest BCUT2D eigenvalue weighted by Crippen LogP contribution is 2.23. The average Bonchev–Trinajstić information content (AvgIpc) is 2.77. The lowest BCUT2D eigenvalue weighted by molar-refractivity contribution is 0.127. The maximum Gasteiger partial charge on any atom is 0.0589 e. The average molecular weight is 228 g/mol. The Hall–Kier alpha value is -0.420. The summed E-state index contributed by atoms with van der Waals surface area (Å²) in [6.45, 7) is 5.52. The van der Waals surface area contributed by atoms with Gasteiger partial charge in [0.05, 0.1) is 12.6 Å². The Morgan fingerprint density at radius 2 is 2.40 bits per heavy atom. The van der Waals surface area contributed by atoms with Gasteiger partial charge in [0.1, 0.15) is 0 Å². The second-order valence-electron chi connectivity index (χ2n) is 3.39. The zero-order valence-electron chi connectivity index (χ0n) is 9.48. The third-order valence-corrected chi connectivity index (χ3v) is 3.50. The van der Waals surface area contributed by atoms with Crippen LogP contribution in [-0.2, 0) is 4.74 Å². The summed E-state index contributed by atoms with van der Waals surface area (Å²) in [5.74, 6) is 0. The molecule has 0 radical (unpaired) electrons. The van der Waals surface area contributed by atoms with Gasteiger partial charge in [0.15, 0.2) is 0 Å². The van der Waals surface area contributed by atoms with Gasteiger partial charge in [-0.1, -0.05) is 13.0 Å². The van der Waals surface area contributed by atoms with E-state index in [1.54, 1.807) is 18.4 Å². The van der Waals surface area contributed by atoms with Crippen LogP contribution in [0.1, 0.15) is 17.8 Å². The number of nitrogens with two attached hydrogens (primary N) is 1. The van der Waals surface area contributed by atoms with Crippen LogP contribution in [-0.4, -0.2) is 38.3 Å². The summed E-state index contributed by atoms with van der Waals surface area (Å²) in [6.07, 6.45) is 0. The first-order valence-corrected chi connectivity index (χ1v) is 6.17. The molecule has 0 saturated carbocycles. The predicted molar refractivity (Wildman–Crippen MR) is 65.2 cm³/mol. The van der Waals surface area contributed by atoms with Crippen LogP contribution in [0.2, 0.25) is 0 Å². The van der Waals surface area contributed by atoms with Crippen molar-refractivity contribution in [1.82, 2.24) is 4.90 Å². The minimum Gasteiger partial charge on any atom is -0.383 e. The van der Waals surface area contributed by atoms with E-state index in [2.05, 4.69) is 29.3 Å². The quantitative estimate of drug-likeness (QED) is 0.772. The molecule has 1 aromatic heterocycles. The van der Waals surface area contributed by atoms with Gasteiger partial charge in [0.25, 0.3) is 0 Å². The zero-order valence-corrected chi connectivity index (χ0v) is 10.3. The van der Waals surface area contributed by atoms with Gasteiger partial charge in [-0.3, -0.25) is 4.90 Å². The molecule has 0 aliphatic rings. The number of hydrogen-bond donors (Lipinski definition) is 1. The number of nitrogens with zero attached hydrogens (tertiary/aromatic N) is 1. The summed E-state index contributed by atoms with van der Waals surface area (Å²) < 4.78 is 5.11. The van der Waals surface area contributed by atoms with E-state index in [0.717, 1.165) is 19.7 Å². The van der Waals surface area contributed by atoms with Crippen molar-refractivity contribution < 1.29 is 4.74 Å².